The Morgan fingerprint density at radius 3 is 2.43 bits per heavy atom. The van der Waals surface area contributed by atoms with Crippen LogP contribution in [0.25, 0.3) is 0 Å². The molecule has 23 heavy (non-hydrogen) atoms. The molecule has 2 aromatic rings. The number of esters is 1. The van der Waals surface area contributed by atoms with Gasteiger partial charge in [0.1, 0.15) is 0 Å². The lowest BCUT2D eigenvalue weighted by Crippen LogP contribution is -2.21. The zero-order valence-corrected chi connectivity index (χ0v) is 14.6. The van der Waals surface area contributed by atoms with Crippen LogP contribution in [0, 0.1) is 6.92 Å². The highest BCUT2D eigenvalue weighted by atomic mass is 79.9. The number of aryl methyl sites for hydroxylation is 2. The second kappa shape index (κ2) is 7.92. The second-order valence-electron chi connectivity index (χ2n) is 5.13. The molecule has 0 saturated heterocycles. The minimum absolute atomic E-state index is 0.316. The van der Waals surface area contributed by atoms with Crippen molar-refractivity contribution >= 4 is 33.5 Å². The summed E-state index contributed by atoms with van der Waals surface area (Å²) < 4.78 is 5.98. The third kappa shape index (κ3) is 4.93. The van der Waals surface area contributed by atoms with Crippen molar-refractivity contribution in [1.29, 1.82) is 0 Å². The van der Waals surface area contributed by atoms with E-state index in [1.54, 1.807) is 18.2 Å². The standard InChI is InChI=1S/C18H18BrNO3/c1-3-13-4-6-14(7-5-13)18(22)23-11-17(21)20-16-9-8-15(19)10-12(16)2/h4-10H,3,11H2,1-2H3,(H,20,21). The van der Waals surface area contributed by atoms with E-state index in [0.717, 1.165) is 22.0 Å². The predicted molar refractivity (Wildman–Crippen MR) is 93.6 cm³/mol. The van der Waals surface area contributed by atoms with Gasteiger partial charge in [0.2, 0.25) is 0 Å². The van der Waals surface area contributed by atoms with E-state index in [1.165, 1.54) is 0 Å². The number of halogens is 1. The van der Waals surface area contributed by atoms with Crippen LogP contribution < -0.4 is 5.32 Å². The number of rotatable bonds is 5. The van der Waals surface area contributed by atoms with Crippen molar-refractivity contribution in [1.82, 2.24) is 0 Å². The van der Waals surface area contributed by atoms with E-state index in [-0.39, 0.29) is 12.5 Å². The van der Waals surface area contributed by atoms with Crippen molar-refractivity contribution in [3.05, 3.63) is 63.6 Å². The lowest BCUT2D eigenvalue weighted by molar-refractivity contribution is -0.119. The molecule has 0 unspecified atom stereocenters. The summed E-state index contributed by atoms with van der Waals surface area (Å²) >= 11 is 3.37. The Morgan fingerprint density at radius 1 is 1.13 bits per heavy atom. The van der Waals surface area contributed by atoms with E-state index in [9.17, 15) is 9.59 Å². The average Bonchev–Trinajstić information content (AvgIpc) is 2.55. The lowest BCUT2D eigenvalue weighted by atomic mass is 10.1. The third-order valence-corrected chi connectivity index (χ3v) is 3.89. The minimum atomic E-state index is -0.504. The van der Waals surface area contributed by atoms with Gasteiger partial charge in [0.05, 0.1) is 5.56 Å². The fourth-order valence-corrected chi connectivity index (χ4v) is 2.52. The van der Waals surface area contributed by atoms with Crippen molar-refractivity contribution < 1.29 is 14.3 Å². The second-order valence-corrected chi connectivity index (χ2v) is 6.05. The van der Waals surface area contributed by atoms with Gasteiger partial charge < -0.3 is 10.1 Å². The summed E-state index contributed by atoms with van der Waals surface area (Å²) in [6, 6.07) is 12.7. The number of anilines is 1. The minimum Gasteiger partial charge on any atom is -0.452 e. The predicted octanol–water partition coefficient (Wildman–Crippen LogP) is 4.12. The van der Waals surface area contributed by atoms with Crippen LogP contribution in [0.15, 0.2) is 46.9 Å². The summed E-state index contributed by atoms with van der Waals surface area (Å²) in [5.41, 5.74) is 3.20. The molecule has 1 amide bonds. The van der Waals surface area contributed by atoms with Crippen molar-refractivity contribution in [2.45, 2.75) is 20.3 Å². The van der Waals surface area contributed by atoms with Crippen LogP contribution >= 0.6 is 15.9 Å². The Balaban J connectivity index is 1.89. The maximum Gasteiger partial charge on any atom is 0.338 e. The van der Waals surface area contributed by atoms with Gasteiger partial charge in [-0.15, -0.1) is 0 Å². The van der Waals surface area contributed by atoms with Crippen LogP contribution in [-0.2, 0) is 16.0 Å². The molecule has 2 aromatic carbocycles. The number of ether oxygens (including phenoxy) is 1. The van der Waals surface area contributed by atoms with Gasteiger partial charge in [0.25, 0.3) is 5.91 Å². The Hall–Kier alpha value is -2.14. The number of carbonyl (C=O) groups is 2. The highest BCUT2D eigenvalue weighted by Gasteiger charge is 2.11. The van der Waals surface area contributed by atoms with E-state index >= 15 is 0 Å². The molecule has 0 bridgehead atoms. The summed E-state index contributed by atoms with van der Waals surface area (Å²) in [4.78, 5) is 23.8. The van der Waals surface area contributed by atoms with Gasteiger partial charge in [-0.05, 0) is 54.8 Å². The van der Waals surface area contributed by atoms with Crippen LogP contribution in [0.5, 0.6) is 0 Å². The molecule has 0 fully saturated rings. The molecule has 1 N–H and O–H groups in total. The Kier molecular flexibility index (Phi) is 5.93. The summed E-state index contributed by atoms with van der Waals surface area (Å²) in [6.07, 6.45) is 0.907. The van der Waals surface area contributed by atoms with E-state index < -0.39 is 5.97 Å². The maximum atomic E-state index is 11.9. The Morgan fingerprint density at radius 2 is 1.83 bits per heavy atom. The van der Waals surface area contributed by atoms with Crippen molar-refractivity contribution in [3.8, 4) is 0 Å². The lowest BCUT2D eigenvalue weighted by Gasteiger charge is -2.09. The summed E-state index contributed by atoms with van der Waals surface area (Å²) in [6.45, 7) is 3.62. The van der Waals surface area contributed by atoms with Crippen LogP contribution in [0.2, 0.25) is 0 Å². The topological polar surface area (TPSA) is 55.4 Å². The molecule has 0 aliphatic heterocycles. The first kappa shape index (κ1) is 17.2. The van der Waals surface area contributed by atoms with E-state index in [4.69, 9.17) is 4.74 Å². The molecule has 0 heterocycles. The van der Waals surface area contributed by atoms with Crippen molar-refractivity contribution in [3.63, 3.8) is 0 Å². The van der Waals surface area contributed by atoms with Crippen molar-refractivity contribution in [2.24, 2.45) is 0 Å². The molecule has 120 valence electrons. The normalized spacial score (nSPS) is 10.2. The van der Waals surface area contributed by atoms with Crippen LogP contribution in [0.1, 0.15) is 28.4 Å². The van der Waals surface area contributed by atoms with Gasteiger partial charge in [-0.3, -0.25) is 4.79 Å². The molecule has 5 heteroatoms. The first-order chi connectivity index (χ1) is 11.0. The Bertz CT molecular complexity index is 711. The smallest absolute Gasteiger partial charge is 0.338 e. The molecular formula is C18H18BrNO3. The molecule has 0 radical (unpaired) electrons. The average molecular weight is 376 g/mol. The highest BCUT2D eigenvalue weighted by Crippen LogP contribution is 2.19. The van der Waals surface area contributed by atoms with Crippen molar-refractivity contribution in [2.75, 3.05) is 11.9 Å². The van der Waals surface area contributed by atoms with E-state index in [0.29, 0.717) is 11.3 Å². The van der Waals surface area contributed by atoms with Gasteiger partial charge in [-0.1, -0.05) is 35.0 Å². The summed E-state index contributed by atoms with van der Waals surface area (Å²) in [5, 5.41) is 2.73. The first-order valence-corrected chi connectivity index (χ1v) is 8.11. The third-order valence-electron chi connectivity index (χ3n) is 3.39. The molecule has 0 aliphatic rings. The highest BCUT2D eigenvalue weighted by molar-refractivity contribution is 9.10. The summed E-state index contributed by atoms with van der Waals surface area (Å²) in [5.74, 6) is -0.871. The zero-order chi connectivity index (χ0) is 16.8. The zero-order valence-electron chi connectivity index (χ0n) is 13.1. The molecule has 0 saturated carbocycles. The summed E-state index contributed by atoms with van der Waals surface area (Å²) in [7, 11) is 0. The quantitative estimate of drug-likeness (QED) is 0.799. The number of hydrogen-bond acceptors (Lipinski definition) is 3. The monoisotopic (exact) mass is 375 g/mol. The van der Waals surface area contributed by atoms with Gasteiger partial charge in [-0.2, -0.15) is 0 Å². The number of carbonyl (C=O) groups excluding carboxylic acids is 2. The molecule has 4 nitrogen and oxygen atoms in total. The van der Waals surface area contributed by atoms with Gasteiger partial charge >= 0.3 is 5.97 Å². The molecule has 0 atom stereocenters. The van der Waals surface area contributed by atoms with Crippen LogP contribution in [0.4, 0.5) is 5.69 Å². The largest absolute Gasteiger partial charge is 0.452 e. The molecule has 0 spiro atoms. The molecule has 0 aliphatic carbocycles. The van der Waals surface area contributed by atoms with Crippen LogP contribution in [0.3, 0.4) is 0 Å². The van der Waals surface area contributed by atoms with Gasteiger partial charge in [-0.25, -0.2) is 4.79 Å². The molecular weight excluding hydrogens is 358 g/mol. The van der Waals surface area contributed by atoms with E-state index in [1.807, 2.05) is 38.1 Å². The fourth-order valence-electron chi connectivity index (χ4n) is 2.04. The van der Waals surface area contributed by atoms with Gasteiger partial charge in [0.15, 0.2) is 6.61 Å². The SMILES string of the molecule is CCc1ccc(C(=O)OCC(=O)Nc2ccc(Br)cc2C)cc1. The number of nitrogens with one attached hydrogen (secondary N) is 1. The maximum absolute atomic E-state index is 11.9. The number of hydrogen-bond donors (Lipinski definition) is 1. The molecule has 0 aromatic heterocycles. The van der Waals surface area contributed by atoms with E-state index in [2.05, 4.69) is 21.2 Å². The first-order valence-electron chi connectivity index (χ1n) is 7.31. The van der Waals surface area contributed by atoms with Gasteiger partial charge in [0, 0.05) is 10.2 Å². The Labute approximate surface area is 144 Å². The molecule has 2 rings (SSSR count). The fraction of sp³-hybridized carbons (Fsp3) is 0.222. The number of amides is 1. The van der Waals surface area contributed by atoms with Crippen LogP contribution in [-0.4, -0.2) is 18.5 Å². The number of benzene rings is 2.